The third-order valence-corrected chi connectivity index (χ3v) is 5.96. The van der Waals surface area contributed by atoms with Crippen LogP contribution in [0.4, 0.5) is 10.8 Å². The van der Waals surface area contributed by atoms with Crippen molar-refractivity contribution in [3.8, 4) is 0 Å². The Morgan fingerprint density at radius 2 is 1.96 bits per heavy atom. The molecule has 2 heterocycles. The van der Waals surface area contributed by atoms with Gasteiger partial charge in [0.15, 0.2) is 4.34 Å². The highest BCUT2D eigenvalue weighted by Crippen LogP contribution is 2.30. The molecule has 0 bridgehead atoms. The van der Waals surface area contributed by atoms with Gasteiger partial charge in [-0.25, -0.2) is 0 Å². The molecule has 2 aromatic heterocycles. The van der Waals surface area contributed by atoms with Crippen molar-refractivity contribution < 1.29 is 4.79 Å². The number of pyridine rings is 1. The Morgan fingerprint density at radius 3 is 2.68 bits per heavy atom. The fourth-order valence-electron chi connectivity index (χ4n) is 2.69. The molecule has 0 saturated carbocycles. The highest BCUT2D eigenvalue weighted by molar-refractivity contribution is 8.02. The third-order valence-electron chi connectivity index (χ3n) is 3.93. The summed E-state index contributed by atoms with van der Waals surface area (Å²) in [5, 5.41) is 15.1. The standard InChI is InChI=1S/C20H23N5OS2/c1-13-10-14(2)12-17(11-13)23-19-24-25-20(28-19)27-15(3)18(26)22-9-7-16-6-4-5-8-21-16/h4-6,8,10-12,15H,7,9H2,1-3H3,(H,22,26)(H,23,24)/t15-/m0/s1. The smallest absolute Gasteiger partial charge is 0.233 e. The first-order valence-electron chi connectivity index (χ1n) is 9.03. The Bertz CT molecular complexity index is 909. The summed E-state index contributed by atoms with van der Waals surface area (Å²) in [6.07, 6.45) is 2.47. The molecule has 0 aliphatic carbocycles. The summed E-state index contributed by atoms with van der Waals surface area (Å²) < 4.78 is 0.763. The highest BCUT2D eigenvalue weighted by Gasteiger charge is 2.17. The van der Waals surface area contributed by atoms with Gasteiger partial charge in [0.05, 0.1) is 5.25 Å². The van der Waals surface area contributed by atoms with Gasteiger partial charge in [-0.2, -0.15) is 0 Å². The van der Waals surface area contributed by atoms with Crippen molar-refractivity contribution in [2.45, 2.75) is 36.8 Å². The zero-order chi connectivity index (χ0) is 19.9. The van der Waals surface area contributed by atoms with Crippen molar-refractivity contribution in [1.82, 2.24) is 20.5 Å². The number of aromatic nitrogens is 3. The lowest BCUT2D eigenvalue weighted by atomic mass is 10.1. The van der Waals surface area contributed by atoms with Crippen LogP contribution in [-0.4, -0.2) is 32.9 Å². The number of nitrogens with zero attached hydrogens (tertiary/aromatic N) is 3. The first-order valence-corrected chi connectivity index (χ1v) is 10.7. The second kappa shape index (κ2) is 9.66. The van der Waals surface area contributed by atoms with Crippen LogP contribution < -0.4 is 10.6 Å². The second-order valence-corrected chi connectivity index (χ2v) is 9.06. The first-order chi connectivity index (χ1) is 13.5. The van der Waals surface area contributed by atoms with Crippen LogP contribution >= 0.6 is 23.1 Å². The molecule has 0 unspecified atom stereocenters. The van der Waals surface area contributed by atoms with Crippen LogP contribution in [0.25, 0.3) is 0 Å². The maximum Gasteiger partial charge on any atom is 0.233 e. The molecule has 2 N–H and O–H groups in total. The van der Waals surface area contributed by atoms with E-state index in [4.69, 9.17) is 0 Å². The van der Waals surface area contributed by atoms with E-state index in [2.05, 4.69) is 57.9 Å². The Labute approximate surface area is 173 Å². The summed E-state index contributed by atoms with van der Waals surface area (Å²) in [5.74, 6) is -0.0139. The molecule has 0 radical (unpaired) electrons. The van der Waals surface area contributed by atoms with Crippen LogP contribution in [0.2, 0.25) is 0 Å². The van der Waals surface area contributed by atoms with E-state index in [0.29, 0.717) is 13.0 Å². The topological polar surface area (TPSA) is 79.8 Å². The minimum Gasteiger partial charge on any atom is -0.355 e. The third kappa shape index (κ3) is 6.03. The fraction of sp³-hybridized carbons (Fsp3) is 0.300. The Kier molecular flexibility index (Phi) is 7.00. The lowest BCUT2D eigenvalue weighted by molar-refractivity contribution is -0.120. The van der Waals surface area contributed by atoms with Crippen molar-refractivity contribution in [1.29, 1.82) is 0 Å². The van der Waals surface area contributed by atoms with E-state index in [-0.39, 0.29) is 11.2 Å². The van der Waals surface area contributed by atoms with Gasteiger partial charge in [-0.15, -0.1) is 10.2 Å². The van der Waals surface area contributed by atoms with Crippen LogP contribution in [0, 0.1) is 13.8 Å². The predicted molar refractivity (Wildman–Crippen MR) is 115 cm³/mol. The molecule has 3 aromatic rings. The lowest BCUT2D eigenvalue weighted by Crippen LogP contribution is -2.32. The van der Waals surface area contributed by atoms with E-state index in [9.17, 15) is 4.79 Å². The van der Waals surface area contributed by atoms with E-state index < -0.39 is 0 Å². The summed E-state index contributed by atoms with van der Waals surface area (Å²) in [7, 11) is 0. The molecule has 8 heteroatoms. The van der Waals surface area contributed by atoms with E-state index in [1.54, 1.807) is 6.20 Å². The molecule has 0 saturated heterocycles. The van der Waals surface area contributed by atoms with Gasteiger partial charge in [0, 0.05) is 30.5 Å². The molecule has 146 valence electrons. The van der Waals surface area contributed by atoms with Gasteiger partial charge in [-0.3, -0.25) is 9.78 Å². The van der Waals surface area contributed by atoms with Crippen LogP contribution in [0.15, 0.2) is 46.9 Å². The molecule has 0 spiro atoms. The summed E-state index contributed by atoms with van der Waals surface area (Å²) in [6, 6.07) is 12.0. The molecule has 0 fully saturated rings. The quantitative estimate of drug-likeness (QED) is 0.541. The number of hydrogen-bond acceptors (Lipinski definition) is 7. The molecule has 0 aliphatic rings. The molecule has 6 nitrogen and oxygen atoms in total. The number of hydrogen-bond donors (Lipinski definition) is 2. The zero-order valence-electron chi connectivity index (χ0n) is 16.1. The molecular weight excluding hydrogens is 390 g/mol. The van der Waals surface area contributed by atoms with Crippen molar-refractivity contribution in [3.63, 3.8) is 0 Å². The van der Waals surface area contributed by atoms with E-state index in [1.807, 2.05) is 25.1 Å². The van der Waals surface area contributed by atoms with Gasteiger partial charge >= 0.3 is 0 Å². The Morgan fingerprint density at radius 1 is 1.18 bits per heavy atom. The normalized spacial score (nSPS) is 11.8. The maximum absolute atomic E-state index is 12.3. The summed E-state index contributed by atoms with van der Waals surface area (Å²) in [4.78, 5) is 16.6. The van der Waals surface area contributed by atoms with Crippen LogP contribution in [0.5, 0.6) is 0 Å². The number of thioether (sulfide) groups is 1. The zero-order valence-corrected chi connectivity index (χ0v) is 17.7. The van der Waals surface area contributed by atoms with Crippen molar-refractivity contribution in [2.24, 2.45) is 0 Å². The minimum atomic E-state index is -0.245. The largest absolute Gasteiger partial charge is 0.355 e. The van der Waals surface area contributed by atoms with E-state index in [1.165, 1.54) is 34.2 Å². The van der Waals surface area contributed by atoms with E-state index in [0.717, 1.165) is 20.9 Å². The van der Waals surface area contributed by atoms with Gasteiger partial charge in [0.2, 0.25) is 11.0 Å². The van der Waals surface area contributed by atoms with Crippen molar-refractivity contribution in [2.75, 3.05) is 11.9 Å². The number of anilines is 2. The Hall–Kier alpha value is -2.45. The number of carbonyl (C=O) groups is 1. The van der Waals surface area contributed by atoms with Gasteiger partial charge in [-0.1, -0.05) is 35.2 Å². The van der Waals surface area contributed by atoms with Gasteiger partial charge < -0.3 is 10.6 Å². The fourth-order valence-corrected chi connectivity index (χ4v) is 4.63. The maximum atomic E-state index is 12.3. The Balaban J connectivity index is 1.48. The van der Waals surface area contributed by atoms with Gasteiger partial charge in [-0.05, 0) is 56.2 Å². The number of nitrogens with one attached hydrogen (secondary N) is 2. The minimum absolute atomic E-state index is 0.0139. The second-order valence-electron chi connectivity index (χ2n) is 6.50. The average molecular weight is 414 g/mol. The summed E-state index contributed by atoms with van der Waals surface area (Å²) >= 11 is 2.86. The number of carbonyl (C=O) groups excluding carboxylic acids is 1. The summed E-state index contributed by atoms with van der Waals surface area (Å²) in [5.41, 5.74) is 4.34. The van der Waals surface area contributed by atoms with Crippen LogP contribution in [0.1, 0.15) is 23.7 Å². The van der Waals surface area contributed by atoms with Gasteiger partial charge in [0.25, 0.3) is 0 Å². The van der Waals surface area contributed by atoms with Crippen molar-refractivity contribution >= 4 is 39.8 Å². The number of benzene rings is 1. The van der Waals surface area contributed by atoms with Gasteiger partial charge in [0.1, 0.15) is 0 Å². The van der Waals surface area contributed by atoms with Crippen molar-refractivity contribution in [3.05, 3.63) is 59.4 Å². The molecule has 1 amide bonds. The lowest BCUT2D eigenvalue weighted by Gasteiger charge is -2.10. The monoisotopic (exact) mass is 413 g/mol. The van der Waals surface area contributed by atoms with Crippen LogP contribution in [-0.2, 0) is 11.2 Å². The molecule has 28 heavy (non-hydrogen) atoms. The highest BCUT2D eigenvalue weighted by atomic mass is 32.2. The molecule has 1 aromatic carbocycles. The van der Waals surface area contributed by atoms with Crippen LogP contribution in [0.3, 0.4) is 0 Å². The number of aryl methyl sites for hydroxylation is 2. The van der Waals surface area contributed by atoms with E-state index >= 15 is 0 Å². The molecule has 3 rings (SSSR count). The number of rotatable bonds is 8. The SMILES string of the molecule is Cc1cc(C)cc(Nc2nnc(S[C@@H](C)C(=O)NCCc3ccccn3)s2)c1. The molecular formula is C20H23N5OS2. The summed E-state index contributed by atoms with van der Waals surface area (Å²) in [6.45, 7) is 6.57. The number of amides is 1. The molecule has 1 atom stereocenters. The predicted octanol–water partition coefficient (Wildman–Crippen LogP) is 4.13. The first kappa shape index (κ1) is 20.3. The average Bonchev–Trinajstić information content (AvgIpc) is 3.08. The molecule has 0 aliphatic heterocycles.